The summed E-state index contributed by atoms with van der Waals surface area (Å²) in [6.45, 7) is 10.9. The average Bonchev–Trinajstić information content (AvgIpc) is 2.71. The highest BCUT2D eigenvalue weighted by atomic mass is 16.6. The summed E-state index contributed by atoms with van der Waals surface area (Å²) >= 11 is 0. The SMILES string of the molecule is CC(=O)Oc1ccc(C=CC(=O)OC2CC(C)=CCCC(C)=CC(OC(C)=O)C2C(C)C)cc1. The first kappa shape index (κ1) is 27.1. The molecule has 0 spiro atoms. The normalized spacial score (nSPS) is 21.4. The van der Waals surface area contributed by atoms with Crippen LogP contribution in [0.15, 0.2) is 53.6 Å². The Balaban J connectivity index is 2.25. The van der Waals surface area contributed by atoms with Gasteiger partial charge in [-0.15, -0.1) is 0 Å². The largest absolute Gasteiger partial charge is 0.458 e. The van der Waals surface area contributed by atoms with E-state index in [1.165, 1.54) is 19.9 Å². The van der Waals surface area contributed by atoms with Gasteiger partial charge in [0.2, 0.25) is 0 Å². The second kappa shape index (κ2) is 12.9. The molecule has 1 aromatic rings. The Morgan fingerprint density at radius 1 is 0.971 bits per heavy atom. The predicted molar refractivity (Wildman–Crippen MR) is 132 cm³/mol. The molecule has 0 bridgehead atoms. The molecule has 0 saturated carbocycles. The van der Waals surface area contributed by atoms with Crippen molar-refractivity contribution >= 4 is 24.0 Å². The van der Waals surface area contributed by atoms with Crippen molar-refractivity contribution in [2.75, 3.05) is 0 Å². The van der Waals surface area contributed by atoms with Gasteiger partial charge >= 0.3 is 17.9 Å². The van der Waals surface area contributed by atoms with Crippen LogP contribution >= 0.6 is 0 Å². The van der Waals surface area contributed by atoms with Crippen molar-refractivity contribution in [1.29, 1.82) is 0 Å². The second-order valence-corrected chi connectivity index (χ2v) is 9.17. The molecule has 2 rings (SSSR count). The van der Waals surface area contributed by atoms with Crippen LogP contribution in [0.5, 0.6) is 5.75 Å². The van der Waals surface area contributed by atoms with E-state index in [1.54, 1.807) is 30.3 Å². The zero-order valence-electron chi connectivity index (χ0n) is 21.0. The average molecular weight is 469 g/mol. The lowest BCUT2D eigenvalue weighted by molar-refractivity contribution is -0.156. The maximum atomic E-state index is 12.8. The molecule has 0 heterocycles. The van der Waals surface area contributed by atoms with Gasteiger partial charge in [-0.05, 0) is 62.5 Å². The topological polar surface area (TPSA) is 78.9 Å². The lowest BCUT2D eigenvalue weighted by Gasteiger charge is -2.35. The van der Waals surface area contributed by atoms with Crippen molar-refractivity contribution in [2.45, 2.75) is 73.0 Å². The third-order valence-electron chi connectivity index (χ3n) is 5.70. The van der Waals surface area contributed by atoms with E-state index in [0.29, 0.717) is 12.2 Å². The fraction of sp³-hybridized carbons (Fsp3) is 0.464. The number of carbonyl (C=O) groups is 3. The quantitative estimate of drug-likeness (QED) is 0.227. The van der Waals surface area contributed by atoms with Crippen molar-refractivity contribution in [3.63, 3.8) is 0 Å². The Labute approximate surface area is 202 Å². The smallest absolute Gasteiger partial charge is 0.331 e. The van der Waals surface area contributed by atoms with Gasteiger partial charge in [-0.2, -0.15) is 0 Å². The van der Waals surface area contributed by atoms with Crippen LogP contribution in [0.3, 0.4) is 0 Å². The van der Waals surface area contributed by atoms with Crippen LogP contribution < -0.4 is 4.74 Å². The highest BCUT2D eigenvalue weighted by Gasteiger charge is 2.36. The first-order valence-electron chi connectivity index (χ1n) is 11.7. The van der Waals surface area contributed by atoms with Gasteiger partial charge in [-0.25, -0.2) is 4.79 Å². The van der Waals surface area contributed by atoms with Gasteiger partial charge in [-0.1, -0.05) is 43.2 Å². The minimum absolute atomic E-state index is 0.108. The van der Waals surface area contributed by atoms with E-state index in [4.69, 9.17) is 14.2 Å². The highest BCUT2D eigenvalue weighted by molar-refractivity contribution is 5.87. The summed E-state index contributed by atoms with van der Waals surface area (Å²) in [5.41, 5.74) is 3.06. The first-order chi connectivity index (χ1) is 16.0. The molecule has 34 heavy (non-hydrogen) atoms. The highest BCUT2D eigenvalue weighted by Crippen LogP contribution is 2.32. The van der Waals surface area contributed by atoms with E-state index in [2.05, 4.69) is 19.9 Å². The number of hydrogen-bond acceptors (Lipinski definition) is 6. The van der Waals surface area contributed by atoms with E-state index in [-0.39, 0.29) is 17.8 Å². The molecule has 0 amide bonds. The van der Waals surface area contributed by atoms with Crippen molar-refractivity contribution in [2.24, 2.45) is 11.8 Å². The van der Waals surface area contributed by atoms with Gasteiger partial charge in [0.25, 0.3) is 0 Å². The molecule has 0 aromatic heterocycles. The standard InChI is InChI=1S/C28H36O6/c1-18(2)28-25(33-22(6)30)16-19(3)8-7-9-20(4)17-26(28)34-27(31)15-12-23-10-13-24(14-11-23)32-21(5)29/h9-16,18,25-26,28H,7-8,17H2,1-6H3. The maximum Gasteiger partial charge on any atom is 0.331 e. The Hall–Kier alpha value is -3.15. The summed E-state index contributed by atoms with van der Waals surface area (Å²) in [6.07, 6.45) is 8.65. The number of benzene rings is 1. The van der Waals surface area contributed by atoms with Crippen LogP contribution in [-0.2, 0) is 23.9 Å². The fourth-order valence-corrected chi connectivity index (χ4v) is 4.17. The van der Waals surface area contributed by atoms with Crippen molar-refractivity contribution in [3.05, 3.63) is 59.2 Å². The summed E-state index contributed by atoms with van der Waals surface area (Å²) in [6, 6.07) is 6.82. The molecule has 0 aliphatic heterocycles. The van der Waals surface area contributed by atoms with E-state index in [1.807, 2.05) is 19.9 Å². The lowest BCUT2D eigenvalue weighted by atomic mass is 9.81. The molecule has 0 fully saturated rings. The maximum absolute atomic E-state index is 12.8. The molecule has 0 N–H and O–H groups in total. The Morgan fingerprint density at radius 3 is 2.24 bits per heavy atom. The molecule has 0 saturated heterocycles. The molecule has 1 aliphatic rings. The second-order valence-electron chi connectivity index (χ2n) is 9.17. The Morgan fingerprint density at radius 2 is 1.65 bits per heavy atom. The zero-order valence-corrected chi connectivity index (χ0v) is 21.0. The summed E-state index contributed by atoms with van der Waals surface area (Å²) in [5.74, 6) is -0.857. The number of ether oxygens (including phenoxy) is 3. The van der Waals surface area contributed by atoms with Gasteiger partial charge in [0.05, 0.1) is 0 Å². The van der Waals surface area contributed by atoms with Gasteiger partial charge in [0.15, 0.2) is 0 Å². The number of carbonyl (C=O) groups excluding carboxylic acids is 3. The molecule has 184 valence electrons. The lowest BCUT2D eigenvalue weighted by Crippen LogP contribution is -2.40. The molecule has 1 aromatic carbocycles. The zero-order chi connectivity index (χ0) is 25.3. The molecule has 3 atom stereocenters. The summed E-state index contributed by atoms with van der Waals surface area (Å²) in [4.78, 5) is 35.7. The first-order valence-corrected chi connectivity index (χ1v) is 11.7. The van der Waals surface area contributed by atoms with Crippen molar-refractivity contribution in [3.8, 4) is 5.75 Å². The summed E-state index contributed by atoms with van der Waals surface area (Å²) in [7, 11) is 0. The molecular formula is C28H36O6. The molecule has 6 heteroatoms. The van der Waals surface area contributed by atoms with Gasteiger partial charge < -0.3 is 14.2 Å². The van der Waals surface area contributed by atoms with Gasteiger partial charge in [0.1, 0.15) is 18.0 Å². The number of hydrogen-bond donors (Lipinski definition) is 0. The predicted octanol–water partition coefficient (Wildman–Crippen LogP) is 5.82. The van der Waals surface area contributed by atoms with Crippen LogP contribution in [0.2, 0.25) is 0 Å². The molecular weight excluding hydrogens is 432 g/mol. The van der Waals surface area contributed by atoms with E-state index >= 15 is 0 Å². The fourth-order valence-electron chi connectivity index (χ4n) is 4.17. The minimum Gasteiger partial charge on any atom is -0.458 e. The Bertz CT molecular complexity index is 952. The number of allylic oxidation sites excluding steroid dienone is 2. The van der Waals surface area contributed by atoms with Crippen LogP contribution in [0, 0.1) is 11.8 Å². The minimum atomic E-state index is -0.473. The van der Waals surface area contributed by atoms with Crippen LogP contribution in [0.4, 0.5) is 0 Å². The van der Waals surface area contributed by atoms with E-state index < -0.39 is 24.1 Å². The molecule has 1 aliphatic carbocycles. The van der Waals surface area contributed by atoms with Crippen molar-refractivity contribution in [1.82, 2.24) is 0 Å². The van der Waals surface area contributed by atoms with E-state index in [0.717, 1.165) is 29.6 Å². The monoisotopic (exact) mass is 468 g/mol. The van der Waals surface area contributed by atoms with Gasteiger partial charge in [0, 0.05) is 32.3 Å². The van der Waals surface area contributed by atoms with Crippen LogP contribution in [0.1, 0.15) is 66.4 Å². The third kappa shape index (κ3) is 9.00. The third-order valence-corrected chi connectivity index (χ3v) is 5.70. The Kier molecular flexibility index (Phi) is 10.3. The van der Waals surface area contributed by atoms with Crippen LogP contribution in [0.25, 0.3) is 6.08 Å². The molecule has 6 nitrogen and oxygen atoms in total. The number of esters is 3. The van der Waals surface area contributed by atoms with Gasteiger partial charge in [-0.3, -0.25) is 9.59 Å². The summed E-state index contributed by atoms with van der Waals surface area (Å²) in [5, 5.41) is 0. The van der Waals surface area contributed by atoms with Crippen LogP contribution in [-0.4, -0.2) is 30.1 Å². The number of rotatable bonds is 6. The van der Waals surface area contributed by atoms with E-state index in [9.17, 15) is 14.4 Å². The van der Waals surface area contributed by atoms with Crippen molar-refractivity contribution < 1.29 is 28.6 Å². The molecule has 3 unspecified atom stereocenters. The molecule has 0 radical (unpaired) electrons. The summed E-state index contributed by atoms with van der Waals surface area (Å²) < 4.78 is 16.7.